The molecule has 0 atom stereocenters. The van der Waals surface area contributed by atoms with E-state index in [0.717, 1.165) is 0 Å². The number of aliphatic carboxylic acids is 1. The van der Waals surface area contributed by atoms with Gasteiger partial charge in [-0.05, 0) is 6.92 Å². The molecule has 70 valence electrons. The Hall–Kier alpha value is -1.36. The van der Waals surface area contributed by atoms with E-state index >= 15 is 0 Å². The highest BCUT2D eigenvalue weighted by atomic mass is 16.4. The van der Waals surface area contributed by atoms with Crippen LogP contribution in [0.15, 0.2) is 12.2 Å². The van der Waals surface area contributed by atoms with E-state index in [9.17, 15) is 9.59 Å². The lowest BCUT2D eigenvalue weighted by Gasteiger charge is -1.82. The number of hydrogen-bond donors (Lipinski definition) is 3. The fourth-order valence-corrected chi connectivity index (χ4v) is 0.142. The molecule has 0 aliphatic heterocycles. The van der Waals surface area contributed by atoms with Gasteiger partial charge in [-0.1, -0.05) is 6.58 Å². The fourth-order valence-electron chi connectivity index (χ4n) is 0.142. The lowest BCUT2D eigenvalue weighted by atomic mass is 10.4. The molecule has 0 heterocycles. The van der Waals surface area contributed by atoms with Gasteiger partial charge in [0.25, 0.3) is 0 Å². The Bertz CT molecular complexity index is 165. The third-order valence-corrected chi connectivity index (χ3v) is 0.756. The summed E-state index contributed by atoms with van der Waals surface area (Å²) >= 11 is 0. The summed E-state index contributed by atoms with van der Waals surface area (Å²) in [4.78, 5) is 19.3. The molecule has 1 amide bonds. The Morgan fingerprint density at radius 2 is 1.83 bits per heavy atom. The Morgan fingerprint density at radius 3 is 1.83 bits per heavy atom. The van der Waals surface area contributed by atoms with Crippen LogP contribution >= 0.6 is 0 Å². The number of nitrogens with two attached hydrogens (primary N) is 2. The largest absolute Gasteiger partial charge is 0.478 e. The van der Waals surface area contributed by atoms with Gasteiger partial charge < -0.3 is 16.6 Å². The van der Waals surface area contributed by atoms with Crippen molar-refractivity contribution in [3.8, 4) is 0 Å². The van der Waals surface area contributed by atoms with Crippen molar-refractivity contribution in [3.63, 3.8) is 0 Å². The monoisotopic (exact) mass is 174 g/mol. The molecule has 12 heavy (non-hydrogen) atoms. The molecule has 0 rings (SSSR count). The predicted octanol–water partition coefficient (Wildman–Crippen LogP) is -0.532. The molecule has 5 nitrogen and oxygen atoms in total. The zero-order valence-corrected chi connectivity index (χ0v) is 7.04. The molecule has 0 aromatic rings. The summed E-state index contributed by atoms with van der Waals surface area (Å²) in [6.07, 6.45) is 0.292. The molecule has 0 spiro atoms. The van der Waals surface area contributed by atoms with Crippen LogP contribution in [-0.4, -0.2) is 23.5 Å². The first-order chi connectivity index (χ1) is 5.41. The number of carbonyl (C=O) groups is 2. The second kappa shape index (κ2) is 7.74. The van der Waals surface area contributed by atoms with Gasteiger partial charge in [0, 0.05) is 18.5 Å². The fraction of sp³-hybridized carbons (Fsp3) is 0.429. The molecule has 0 aromatic carbocycles. The van der Waals surface area contributed by atoms with Gasteiger partial charge in [0.15, 0.2) is 0 Å². The van der Waals surface area contributed by atoms with Crippen LogP contribution in [0.4, 0.5) is 0 Å². The van der Waals surface area contributed by atoms with Gasteiger partial charge in [-0.3, -0.25) is 4.79 Å². The first-order valence-corrected chi connectivity index (χ1v) is 3.29. The van der Waals surface area contributed by atoms with Gasteiger partial charge in [-0.25, -0.2) is 4.79 Å². The average Bonchev–Trinajstić information content (AvgIpc) is 1.87. The maximum atomic E-state index is 9.74. The second-order valence-corrected chi connectivity index (χ2v) is 2.09. The van der Waals surface area contributed by atoms with Crippen LogP contribution in [0.2, 0.25) is 0 Å². The maximum absolute atomic E-state index is 9.74. The smallest absolute Gasteiger partial charge is 0.330 e. The van der Waals surface area contributed by atoms with Gasteiger partial charge in [0.1, 0.15) is 0 Å². The van der Waals surface area contributed by atoms with Crippen LogP contribution in [0, 0.1) is 0 Å². The molecule has 0 saturated heterocycles. The molecule has 5 heteroatoms. The molecule has 0 aliphatic rings. The van der Waals surface area contributed by atoms with Crippen LogP contribution < -0.4 is 11.5 Å². The van der Waals surface area contributed by atoms with Crippen molar-refractivity contribution in [2.75, 3.05) is 6.54 Å². The quantitative estimate of drug-likeness (QED) is 0.500. The predicted molar refractivity (Wildman–Crippen MR) is 45.3 cm³/mol. The Labute approximate surface area is 71.0 Å². The highest BCUT2D eigenvalue weighted by Crippen LogP contribution is 1.81. The summed E-state index contributed by atoms with van der Waals surface area (Å²) in [5.74, 6) is -1.27. The van der Waals surface area contributed by atoms with Gasteiger partial charge in [0.2, 0.25) is 5.91 Å². The number of carbonyl (C=O) groups excluding carboxylic acids is 1. The SMILES string of the molecule is C=C(C)C(=O)O.NCCC(N)=O. The van der Waals surface area contributed by atoms with Crippen LogP contribution in [0.1, 0.15) is 13.3 Å². The van der Waals surface area contributed by atoms with Gasteiger partial charge >= 0.3 is 5.97 Å². The number of hydrogen-bond acceptors (Lipinski definition) is 3. The van der Waals surface area contributed by atoms with Crippen molar-refractivity contribution in [3.05, 3.63) is 12.2 Å². The van der Waals surface area contributed by atoms with Gasteiger partial charge in [0.05, 0.1) is 0 Å². The summed E-state index contributed by atoms with van der Waals surface area (Å²) < 4.78 is 0. The first kappa shape index (κ1) is 13.2. The molecule has 0 aliphatic carbocycles. The average molecular weight is 174 g/mol. The summed E-state index contributed by atoms with van der Waals surface area (Å²) in [6, 6.07) is 0. The molecular formula is C7H14N2O3. The van der Waals surface area contributed by atoms with Crippen molar-refractivity contribution in [1.29, 1.82) is 0 Å². The minimum atomic E-state index is -0.935. The molecular weight excluding hydrogens is 160 g/mol. The van der Waals surface area contributed by atoms with Crippen molar-refractivity contribution >= 4 is 11.9 Å². The highest BCUT2D eigenvalue weighted by molar-refractivity contribution is 5.84. The molecule has 0 fully saturated rings. The summed E-state index contributed by atoms with van der Waals surface area (Å²) in [7, 11) is 0. The van der Waals surface area contributed by atoms with Crippen LogP contribution in [0.25, 0.3) is 0 Å². The third-order valence-electron chi connectivity index (χ3n) is 0.756. The van der Waals surface area contributed by atoms with Crippen molar-refractivity contribution in [1.82, 2.24) is 0 Å². The molecule has 0 saturated carbocycles. The van der Waals surface area contributed by atoms with E-state index < -0.39 is 5.97 Å². The standard InChI is InChI=1S/C4H6O2.C3H8N2O/c1-3(2)4(5)6;4-2-1-3(5)6/h1H2,2H3,(H,5,6);1-2,4H2,(H2,5,6). The third kappa shape index (κ3) is 15.9. The van der Waals surface area contributed by atoms with Crippen molar-refractivity contribution in [2.45, 2.75) is 13.3 Å². The number of carboxylic acid groups (broad SMARTS) is 1. The molecule has 5 N–H and O–H groups in total. The minimum absolute atomic E-state index is 0.176. The summed E-state index contributed by atoms with van der Waals surface area (Å²) in [5.41, 5.74) is 9.79. The molecule has 0 bridgehead atoms. The molecule has 0 unspecified atom stereocenters. The van der Waals surface area contributed by atoms with E-state index in [2.05, 4.69) is 12.3 Å². The number of amides is 1. The maximum Gasteiger partial charge on any atom is 0.330 e. The molecule has 0 radical (unpaired) electrons. The minimum Gasteiger partial charge on any atom is -0.478 e. The first-order valence-electron chi connectivity index (χ1n) is 3.29. The highest BCUT2D eigenvalue weighted by Gasteiger charge is 1.90. The number of carboxylic acids is 1. The number of primary amides is 1. The van der Waals surface area contributed by atoms with Gasteiger partial charge in [-0.15, -0.1) is 0 Å². The van der Waals surface area contributed by atoms with Crippen LogP contribution in [-0.2, 0) is 9.59 Å². The van der Waals surface area contributed by atoms with E-state index in [1.165, 1.54) is 6.92 Å². The summed E-state index contributed by atoms with van der Waals surface area (Å²) in [5, 5.41) is 7.89. The van der Waals surface area contributed by atoms with Crippen molar-refractivity contribution < 1.29 is 14.7 Å². The van der Waals surface area contributed by atoms with Gasteiger partial charge in [-0.2, -0.15) is 0 Å². The Balaban J connectivity index is 0. The van der Waals surface area contributed by atoms with Crippen LogP contribution in [0.5, 0.6) is 0 Å². The zero-order valence-electron chi connectivity index (χ0n) is 7.04. The zero-order chi connectivity index (χ0) is 10.1. The van der Waals surface area contributed by atoms with E-state index in [-0.39, 0.29) is 11.5 Å². The second-order valence-electron chi connectivity index (χ2n) is 2.09. The Kier molecular flexibility index (Phi) is 8.55. The lowest BCUT2D eigenvalue weighted by molar-refractivity contribution is -0.132. The van der Waals surface area contributed by atoms with E-state index in [1.54, 1.807) is 0 Å². The normalized spacial score (nSPS) is 7.83. The molecule has 0 aromatic heterocycles. The van der Waals surface area contributed by atoms with E-state index in [4.69, 9.17) is 10.8 Å². The van der Waals surface area contributed by atoms with Crippen LogP contribution in [0.3, 0.4) is 0 Å². The van der Waals surface area contributed by atoms with E-state index in [0.29, 0.717) is 13.0 Å². The Morgan fingerprint density at radius 1 is 1.50 bits per heavy atom. The van der Waals surface area contributed by atoms with E-state index in [1.807, 2.05) is 0 Å². The van der Waals surface area contributed by atoms with Crippen molar-refractivity contribution in [2.24, 2.45) is 11.5 Å². The lowest BCUT2D eigenvalue weighted by Crippen LogP contribution is -2.15. The summed E-state index contributed by atoms with van der Waals surface area (Å²) in [6.45, 7) is 4.96. The topological polar surface area (TPSA) is 106 Å². The number of rotatable bonds is 3.